The molecule has 1 unspecified atom stereocenters. The van der Waals surface area contributed by atoms with E-state index in [0.29, 0.717) is 36.9 Å². The molecule has 0 aromatic carbocycles. The highest BCUT2D eigenvalue weighted by molar-refractivity contribution is 7.80. The zero-order chi connectivity index (χ0) is 17.6. The Hall–Kier alpha value is -1.80. The predicted molar refractivity (Wildman–Crippen MR) is 78.2 cm³/mol. The van der Waals surface area contributed by atoms with Crippen LogP contribution in [0.3, 0.4) is 0 Å². The third kappa shape index (κ3) is 3.20. The van der Waals surface area contributed by atoms with Crippen LogP contribution in [0.15, 0.2) is 4.42 Å². The number of hydrogen-bond acceptors (Lipinski definition) is 9. The number of piperidine rings is 1. The maximum Gasteiger partial charge on any atom is 0.418 e. The molecule has 0 saturated carbocycles. The lowest BCUT2D eigenvalue weighted by atomic mass is 10.0. The molecule has 3 saturated heterocycles. The number of amides is 2. The van der Waals surface area contributed by atoms with Gasteiger partial charge in [-0.25, -0.2) is 4.79 Å². The number of nitrogens with zero attached hydrogens (tertiary/aromatic N) is 4. The molecule has 2 N–H and O–H groups in total. The molecule has 2 bridgehead atoms. The number of aromatic nitrogens is 2. The number of carbonyl (C=O) groups excluding carboxylic acids is 1. The molecule has 1 aromatic rings. The van der Waals surface area contributed by atoms with Gasteiger partial charge < -0.3 is 19.4 Å². The van der Waals surface area contributed by atoms with Gasteiger partial charge in [-0.2, -0.15) is 13.5 Å². The molecule has 0 radical (unpaired) electrons. The summed E-state index contributed by atoms with van der Waals surface area (Å²) in [5.41, 5.74) is 0. The topological polar surface area (TPSA) is 147 Å². The smallest absolute Gasteiger partial charge is 0.418 e. The lowest BCUT2D eigenvalue weighted by Crippen LogP contribution is -2.35. The maximum atomic E-state index is 12.4. The van der Waals surface area contributed by atoms with Gasteiger partial charge in [0.15, 0.2) is 0 Å². The summed E-state index contributed by atoms with van der Waals surface area (Å²) in [4.78, 5) is 13.8. The first-order valence-electron chi connectivity index (χ1n) is 7.85. The van der Waals surface area contributed by atoms with Crippen LogP contribution in [-0.4, -0.2) is 71.4 Å². The van der Waals surface area contributed by atoms with Crippen LogP contribution < -0.4 is 5.32 Å². The van der Waals surface area contributed by atoms with Gasteiger partial charge >= 0.3 is 16.4 Å². The Bertz CT molecular complexity index is 762. The van der Waals surface area contributed by atoms with Crippen LogP contribution in [0, 0.1) is 0 Å². The fraction of sp³-hybridized carbons (Fsp3) is 0.750. The van der Waals surface area contributed by atoms with Crippen molar-refractivity contribution >= 4 is 16.4 Å². The minimum atomic E-state index is -4.77. The average Bonchev–Trinajstić information content (AvgIpc) is 3.16. The summed E-state index contributed by atoms with van der Waals surface area (Å²) in [7, 11) is -4.77. The van der Waals surface area contributed by atoms with E-state index in [4.69, 9.17) is 13.7 Å². The normalized spacial score (nSPS) is 30.1. The van der Waals surface area contributed by atoms with E-state index in [9.17, 15) is 13.2 Å². The van der Waals surface area contributed by atoms with Crippen molar-refractivity contribution in [3.8, 4) is 0 Å². The minimum absolute atomic E-state index is 0.248. The summed E-state index contributed by atoms with van der Waals surface area (Å²) < 4.78 is 46.3. The Kier molecular flexibility index (Phi) is 4.11. The van der Waals surface area contributed by atoms with E-state index in [-0.39, 0.29) is 18.5 Å². The third-order valence-electron chi connectivity index (χ3n) is 4.44. The largest absolute Gasteiger partial charge is 0.420 e. The lowest BCUT2D eigenvalue weighted by molar-refractivity contribution is -0.0317. The van der Waals surface area contributed by atoms with Crippen molar-refractivity contribution in [1.82, 2.24) is 25.5 Å². The van der Waals surface area contributed by atoms with Crippen molar-refractivity contribution in [1.29, 1.82) is 0 Å². The van der Waals surface area contributed by atoms with Crippen molar-refractivity contribution in [2.75, 3.05) is 26.2 Å². The van der Waals surface area contributed by atoms with Gasteiger partial charge in [-0.15, -0.1) is 14.5 Å². The number of urea groups is 1. The third-order valence-corrected chi connectivity index (χ3v) is 4.79. The molecule has 4 heterocycles. The molecule has 3 aliphatic heterocycles. The van der Waals surface area contributed by atoms with Crippen LogP contribution in [0.25, 0.3) is 0 Å². The first-order chi connectivity index (χ1) is 11.9. The number of fused-ring (bicyclic) bond motifs is 2. The number of carbonyl (C=O) groups is 1. The van der Waals surface area contributed by atoms with Crippen LogP contribution in [0.1, 0.15) is 36.8 Å². The van der Waals surface area contributed by atoms with Gasteiger partial charge in [0.2, 0.25) is 11.8 Å². The maximum absolute atomic E-state index is 12.4. The second-order valence-electron chi connectivity index (χ2n) is 6.05. The zero-order valence-electron chi connectivity index (χ0n) is 13.1. The van der Waals surface area contributed by atoms with Crippen LogP contribution in [0.5, 0.6) is 0 Å². The molecule has 3 fully saturated rings. The van der Waals surface area contributed by atoms with E-state index in [1.54, 1.807) is 0 Å². The highest BCUT2D eigenvalue weighted by Crippen LogP contribution is 2.38. The summed E-state index contributed by atoms with van der Waals surface area (Å²) in [6.45, 7) is 2.11. The highest BCUT2D eigenvalue weighted by atomic mass is 32.3. The Labute approximate surface area is 143 Å². The molecular weight excluding hydrogens is 358 g/mol. The molecule has 12 nitrogen and oxygen atoms in total. The van der Waals surface area contributed by atoms with Crippen molar-refractivity contribution in [2.24, 2.45) is 0 Å². The lowest BCUT2D eigenvalue weighted by Gasteiger charge is -2.27. The Morgan fingerprint density at radius 1 is 1.28 bits per heavy atom. The molecule has 25 heavy (non-hydrogen) atoms. The van der Waals surface area contributed by atoms with E-state index >= 15 is 0 Å². The van der Waals surface area contributed by atoms with Gasteiger partial charge in [-0.05, 0) is 12.8 Å². The van der Waals surface area contributed by atoms with Crippen LogP contribution in [0.2, 0.25) is 0 Å². The molecule has 1 aromatic heterocycles. The van der Waals surface area contributed by atoms with E-state index in [1.165, 1.54) is 4.90 Å². The second-order valence-corrected chi connectivity index (χ2v) is 7.06. The van der Waals surface area contributed by atoms with Gasteiger partial charge in [0, 0.05) is 19.6 Å². The van der Waals surface area contributed by atoms with E-state index in [2.05, 4.69) is 19.8 Å². The molecule has 3 atom stereocenters. The quantitative estimate of drug-likeness (QED) is 0.654. The first-order valence-corrected chi connectivity index (χ1v) is 9.21. The van der Waals surface area contributed by atoms with Gasteiger partial charge in [-0.1, -0.05) is 0 Å². The van der Waals surface area contributed by atoms with Crippen LogP contribution in [-0.2, 0) is 19.4 Å². The van der Waals surface area contributed by atoms with E-state index in [0.717, 1.165) is 6.54 Å². The fourth-order valence-corrected chi connectivity index (χ4v) is 3.71. The fourth-order valence-electron chi connectivity index (χ4n) is 3.32. The predicted octanol–water partition coefficient (Wildman–Crippen LogP) is -0.594. The SMILES string of the molecule is O=C1N2C[C@@H](CC[C@H]2c2nnc(C3CNCCO3)o2)N1OS(=O)(=O)O. The molecule has 0 spiro atoms. The van der Waals surface area contributed by atoms with Crippen molar-refractivity contribution in [3.05, 3.63) is 11.8 Å². The zero-order valence-corrected chi connectivity index (χ0v) is 13.9. The van der Waals surface area contributed by atoms with E-state index in [1.807, 2.05) is 0 Å². The van der Waals surface area contributed by atoms with Crippen molar-refractivity contribution in [2.45, 2.75) is 31.0 Å². The number of rotatable bonds is 4. The summed E-state index contributed by atoms with van der Waals surface area (Å²) in [6.07, 6.45) is 0.648. The summed E-state index contributed by atoms with van der Waals surface area (Å²) in [5, 5.41) is 11.9. The molecule has 4 rings (SSSR count). The second kappa shape index (κ2) is 6.17. The van der Waals surface area contributed by atoms with Gasteiger partial charge in [-0.3, -0.25) is 4.55 Å². The number of hydrogen-bond donors (Lipinski definition) is 2. The van der Waals surface area contributed by atoms with Crippen molar-refractivity contribution < 1.29 is 31.2 Å². The highest BCUT2D eigenvalue weighted by Gasteiger charge is 2.49. The Morgan fingerprint density at radius 2 is 2.08 bits per heavy atom. The molecule has 13 heteroatoms. The van der Waals surface area contributed by atoms with Gasteiger partial charge in [0.05, 0.1) is 12.6 Å². The van der Waals surface area contributed by atoms with Crippen LogP contribution in [0.4, 0.5) is 4.79 Å². The molecule has 0 aliphatic carbocycles. The van der Waals surface area contributed by atoms with E-state index < -0.39 is 28.5 Å². The molecular formula is C12H17N5O7S. The van der Waals surface area contributed by atoms with Crippen molar-refractivity contribution in [3.63, 3.8) is 0 Å². The Morgan fingerprint density at radius 3 is 2.80 bits per heavy atom. The summed E-state index contributed by atoms with van der Waals surface area (Å²) in [5.74, 6) is 0.603. The number of nitrogens with one attached hydrogen (secondary N) is 1. The minimum Gasteiger partial charge on any atom is -0.420 e. The number of morpholine rings is 1. The standard InChI is InChI=1S/C12H17N5O7S/c18-12-16-6-7(17(12)24-25(19,20)21)1-2-8(16)10-14-15-11(23-10)9-5-13-3-4-22-9/h7-9,13H,1-6H2,(H,19,20,21)/t7-,8+,9?/m1/s1. The van der Waals surface area contributed by atoms with Gasteiger partial charge in [0.1, 0.15) is 12.1 Å². The average molecular weight is 375 g/mol. The first kappa shape index (κ1) is 16.7. The van der Waals surface area contributed by atoms with Crippen LogP contribution >= 0.6 is 0 Å². The number of ether oxygens (including phenoxy) is 1. The molecule has 138 valence electrons. The summed E-state index contributed by atoms with van der Waals surface area (Å²) in [6, 6.07) is -1.60. The van der Waals surface area contributed by atoms with Gasteiger partial charge in [0.25, 0.3) is 0 Å². The monoisotopic (exact) mass is 375 g/mol. The number of hydroxylamine groups is 2. The summed E-state index contributed by atoms with van der Waals surface area (Å²) >= 11 is 0. The molecule has 2 amide bonds. The molecule has 3 aliphatic rings. The Balaban J connectivity index is 1.51.